The minimum atomic E-state index is -4.39. The number of halogens is 3. The smallest absolute Gasteiger partial charge is 0.378 e. The number of hydrogen-bond donors (Lipinski definition) is 1. The van der Waals surface area contributed by atoms with Crippen molar-refractivity contribution in [2.75, 3.05) is 25.5 Å². The number of carbonyl (C=O) groups excluding carboxylic acids is 1. The highest BCUT2D eigenvalue weighted by Gasteiger charge is 2.27. The Balaban J connectivity index is 2.54. The molecule has 0 atom stereocenters. The van der Waals surface area contributed by atoms with Crippen molar-refractivity contribution in [3.8, 4) is 0 Å². The first-order valence-electron chi connectivity index (χ1n) is 5.58. The van der Waals surface area contributed by atoms with E-state index in [-0.39, 0.29) is 0 Å². The highest BCUT2D eigenvalue weighted by atomic mass is 19.4. The molecule has 0 aromatic heterocycles. The van der Waals surface area contributed by atoms with Gasteiger partial charge in [-0.15, -0.1) is 0 Å². The molecule has 0 unspecified atom stereocenters. The Bertz CT molecular complexity index is 450. The Kier molecular flexibility index (Phi) is 4.97. The van der Waals surface area contributed by atoms with Gasteiger partial charge < -0.3 is 10.2 Å². The molecule has 0 saturated carbocycles. The van der Waals surface area contributed by atoms with E-state index in [1.54, 1.807) is 17.4 Å². The van der Waals surface area contributed by atoms with E-state index >= 15 is 0 Å². The van der Waals surface area contributed by atoms with Gasteiger partial charge in [0, 0.05) is 25.9 Å². The van der Waals surface area contributed by atoms with Crippen LogP contribution in [-0.4, -0.2) is 32.7 Å². The summed E-state index contributed by atoms with van der Waals surface area (Å²) in [5.41, 5.74) is 1.74. The van der Waals surface area contributed by atoms with Crippen LogP contribution in [0.3, 0.4) is 0 Å². The maximum atomic E-state index is 11.9. The van der Waals surface area contributed by atoms with Crippen molar-refractivity contribution in [2.24, 2.45) is 0 Å². The molecule has 6 heteroatoms. The molecule has 3 nitrogen and oxygen atoms in total. The third-order valence-corrected chi connectivity index (χ3v) is 2.30. The van der Waals surface area contributed by atoms with Crippen LogP contribution >= 0.6 is 0 Å². The molecule has 0 heterocycles. The van der Waals surface area contributed by atoms with Crippen LogP contribution in [0.4, 0.5) is 18.9 Å². The van der Waals surface area contributed by atoms with E-state index in [0.717, 1.165) is 17.3 Å². The molecule has 0 aliphatic carbocycles. The van der Waals surface area contributed by atoms with Gasteiger partial charge in [0.05, 0.1) is 0 Å². The Morgan fingerprint density at radius 2 is 1.84 bits per heavy atom. The first-order chi connectivity index (χ1) is 8.78. The van der Waals surface area contributed by atoms with Gasteiger partial charge >= 0.3 is 6.18 Å². The van der Waals surface area contributed by atoms with E-state index < -0.39 is 18.6 Å². The number of carbonyl (C=O) groups is 1. The quantitative estimate of drug-likeness (QED) is 0.854. The first kappa shape index (κ1) is 15.1. The van der Waals surface area contributed by atoms with Crippen LogP contribution in [0.25, 0.3) is 6.08 Å². The second kappa shape index (κ2) is 6.26. The lowest BCUT2D eigenvalue weighted by Crippen LogP contribution is -2.32. The summed E-state index contributed by atoms with van der Waals surface area (Å²) < 4.78 is 35.6. The van der Waals surface area contributed by atoms with E-state index in [4.69, 9.17) is 0 Å². The van der Waals surface area contributed by atoms with Crippen LogP contribution in [0.1, 0.15) is 5.56 Å². The fourth-order valence-corrected chi connectivity index (χ4v) is 1.30. The van der Waals surface area contributed by atoms with Crippen LogP contribution in [0.15, 0.2) is 30.3 Å². The van der Waals surface area contributed by atoms with Crippen LogP contribution in [0.2, 0.25) is 0 Å². The standard InChI is InChI=1S/C13H15F3N2O/c1-18(2)11-6-3-10(4-7-11)5-8-12(19)17-9-13(14,15)16/h3-8H,9H2,1-2H3,(H,17,19)/b8-5+. The Morgan fingerprint density at radius 1 is 1.26 bits per heavy atom. The summed E-state index contributed by atoms with van der Waals surface area (Å²) in [4.78, 5) is 13.1. The monoisotopic (exact) mass is 272 g/mol. The SMILES string of the molecule is CN(C)c1ccc(/C=C/C(=O)NCC(F)(F)F)cc1. The Morgan fingerprint density at radius 3 is 2.32 bits per heavy atom. The molecule has 0 saturated heterocycles. The number of benzene rings is 1. The van der Waals surface area contributed by atoms with E-state index in [1.807, 2.05) is 31.1 Å². The highest BCUT2D eigenvalue weighted by Crippen LogP contribution is 2.13. The minimum absolute atomic E-state index is 0.743. The number of alkyl halides is 3. The van der Waals surface area contributed by atoms with Crippen molar-refractivity contribution < 1.29 is 18.0 Å². The Labute approximate surface area is 109 Å². The van der Waals surface area contributed by atoms with E-state index in [0.29, 0.717) is 0 Å². The van der Waals surface area contributed by atoms with Crippen LogP contribution in [0, 0.1) is 0 Å². The van der Waals surface area contributed by atoms with Crippen LogP contribution in [0.5, 0.6) is 0 Å². The lowest BCUT2D eigenvalue weighted by molar-refractivity contribution is -0.135. The molecular formula is C13H15F3N2O. The predicted molar refractivity (Wildman–Crippen MR) is 68.9 cm³/mol. The van der Waals surface area contributed by atoms with Gasteiger partial charge in [0.15, 0.2) is 0 Å². The minimum Gasteiger partial charge on any atom is -0.378 e. The molecule has 19 heavy (non-hydrogen) atoms. The average molecular weight is 272 g/mol. The molecule has 0 spiro atoms. The molecular weight excluding hydrogens is 257 g/mol. The number of amides is 1. The normalized spacial score (nSPS) is 11.6. The zero-order chi connectivity index (χ0) is 14.5. The zero-order valence-electron chi connectivity index (χ0n) is 10.7. The summed E-state index contributed by atoms with van der Waals surface area (Å²) >= 11 is 0. The number of rotatable bonds is 4. The molecule has 0 fully saturated rings. The second-order valence-electron chi connectivity index (χ2n) is 4.15. The van der Waals surface area contributed by atoms with Gasteiger partial charge in [-0.2, -0.15) is 13.2 Å². The molecule has 0 aliphatic rings. The van der Waals surface area contributed by atoms with Gasteiger partial charge in [-0.3, -0.25) is 4.79 Å². The van der Waals surface area contributed by atoms with Crippen LogP contribution < -0.4 is 10.2 Å². The van der Waals surface area contributed by atoms with Gasteiger partial charge in [0.1, 0.15) is 6.54 Å². The molecule has 0 radical (unpaired) electrons. The molecule has 104 valence electrons. The van der Waals surface area contributed by atoms with Gasteiger partial charge in [0.2, 0.25) is 5.91 Å². The number of nitrogens with one attached hydrogen (secondary N) is 1. The van der Waals surface area contributed by atoms with Crippen molar-refractivity contribution in [1.29, 1.82) is 0 Å². The molecule has 1 amide bonds. The second-order valence-corrected chi connectivity index (χ2v) is 4.15. The first-order valence-corrected chi connectivity index (χ1v) is 5.58. The maximum absolute atomic E-state index is 11.9. The molecule has 0 bridgehead atoms. The average Bonchev–Trinajstić information content (AvgIpc) is 2.33. The lowest BCUT2D eigenvalue weighted by atomic mass is 10.2. The molecule has 1 aromatic carbocycles. The summed E-state index contributed by atoms with van der Waals surface area (Å²) in [7, 11) is 3.80. The lowest BCUT2D eigenvalue weighted by Gasteiger charge is -2.11. The molecule has 1 aromatic rings. The van der Waals surface area contributed by atoms with Crippen molar-refractivity contribution >= 4 is 17.7 Å². The largest absolute Gasteiger partial charge is 0.405 e. The predicted octanol–water partition coefficient (Wildman–Crippen LogP) is 2.44. The summed E-state index contributed by atoms with van der Waals surface area (Å²) in [6.07, 6.45) is -1.85. The summed E-state index contributed by atoms with van der Waals surface area (Å²) in [5, 5.41) is 1.76. The van der Waals surface area contributed by atoms with Gasteiger partial charge in [-0.1, -0.05) is 12.1 Å². The van der Waals surface area contributed by atoms with E-state index in [9.17, 15) is 18.0 Å². The Hall–Kier alpha value is -1.98. The third kappa shape index (κ3) is 5.94. The van der Waals surface area contributed by atoms with E-state index in [2.05, 4.69) is 0 Å². The van der Waals surface area contributed by atoms with Crippen molar-refractivity contribution in [2.45, 2.75) is 6.18 Å². The van der Waals surface area contributed by atoms with Gasteiger partial charge in [0.25, 0.3) is 0 Å². The van der Waals surface area contributed by atoms with Crippen molar-refractivity contribution in [1.82, 2.24) is 5.32 Å². The zero-order valence-corrected chi connectivity index (χ0v) is 10.7. The summed E-state index contributed by atoms with van der Waals surface area (Å²) in [5.74, 6) is -0.769. The van der Waals surface area contributed by atoms with Crippen molar-refractivity contribution in [3.63, 3.8) is 0 Å². The highest BCUT2D eigenvalue weighted by molar-refractivity contribution is 5.91. The summed E-state index contributed by atoms with van der Waals surface area (Å²) in [6, 6.07) is 7.27. The molecule has 0 aliphatic heterocycles. The number of nitrogens with zero attached hydrogens (tertiary/aromatic N) is 1. The van der Waals surface area contributed by atoms with E-state index in [1.165, 1.54) is 6.08 Å². The van der Waals surface area contributed by atoms with Crippen LogP contribution in [-0.2, 0) is 4.79 Å². The molecule has 1 N–H and O–H groups in total. The fourth-order valence-electron chi connectivity index (χ4n) is 1.30. The maximum Gasteiger partial charge on any atom is 0.405 e. The number of anilines is 1. The third-order valence-electron chi connectivity index (χ3n) is 2.30. The fraction of sp³-hybridized carbons (Fsp3) is 0.308. The van der Waals surface area contributed by atoms with Gasteiger partial charge in [-0.25, -0.2) is 0 Å². The number of hydrogen-bond acceptors (Lipinski definition) is 2. The summed E-state index contributed by atoms with van der Waals surface area (Å²) in [6.45, 7) is -1.32. The molecule has 1 rings (SSSR count). The topological polar surface area (TPSA) is 32.3 Å². The van der Waals surface area contributed by atoms with Crippen molar-refractivity contribution in [3.05, 3.63) is 35.9 Å². The van der Waals surface area contributed by atoms with Gasteiger partial charge in [-0.05, 0) is 23.8 Å².